The van der Waals surface area contributed by atoms with Crippen LogP contribution in [0.15, 0.2) is 66.7 Å². The highest BCUT2D eigenvalue weighted by Gasteiger charge is 2.25. The minimum Gasteiger partial charge on any atom is -0.483 e. The second-order valence-electron chi connectivity index (χ2n) is 6.79. The van der Waals surface area contributed by atoms with Crippen LogP contribution in [0.1, 0.15) is 29.2 Å². The Bertz CT molecular complexity index is 1070. The monoisotopic (exact) mass is 341 g/mol. The van der Waals surface area contributed by atoms with E-state index in [0.29, 0.717) is 0 Å². The summed E-state index contributed by atoms with van der Waals surface area (Å²) in [6, 6.07) is 22.6. The Kier molecular flexibility index (Phi) is 3.49. The summed E-state index contributed by atoms with van der Waals surface area (Å²) in [7, 11) is 0. The van der Waals surface area contributed by atoms with Gasteiger partial charge in [0.1, 0.15) is 28.6 Å². The fourth-order valence-corrected chi connectivity index (χ4v) is 3.64. The number of aryl methyl sites for hydroxylation is 2. The van der Waals surface area contributed by atoms with Crippen LogP contribution in [-0.4, -0.2) is 15.0 Å². The van der Waals surface area contributed by atoms with Gasteiger partial charge in [0.2, 0.25) is 0 Å². The Morgan fingerprint density at radius 2 is 1.65 bits per heavy atom. The van der Waals surface area contributed by atoms with Gasteiger partial charge in [0.05, 0.1) is 0 Å². The van der Waals surface area contributed by atoms with Crippen molar-refractivity contribution >= 4 is 11.0 Å². The number of nitrogens with zero attached hydrogens (tertiary/aromatic N) is 3. The van der Waals surface area contributed by atoms with Crippen molar-refractivity contribution in [3.63, 3.8) is 0 Å². The zero-order valence-electron chi connectivity index (χ0n) is 14.6. The number of ether oxygens (including phenoxy) is 1. The van der Waals surface area contributed by atoms with E-state index in [0.717, 1.165) is 40.9 Å². The van der Waals surface area contributed by atoms with E-state index < -0.39 is 0 Å². The van der Waals surface area contributed by atoms with Crippen molar-refractivity contribution in [1.82, 2.24) is 15.0 Å². The molecular weight excluding hydrogens is 322 g/mol. The Balaban J connectivity index is 1.56. The molecule has 0 bridgehead atoms. The van der Waals surface area contributed by atoms with Gasteiger partial charge in [0.25, 0.3) is 0 Å². The number of aromatic nitrogens is 3. The van der Waals surface area contributed by atoms with Crippen molar-refractivity contribution in [3.8, 4) is 11.4 Å². The minimum atomic E-state index is 0.0811. The number of hydrogen-bond donors (Lipinski definition) is 0. The zero-order chi connectivity index (χ0) is 17.5. The molecule has 3 aromatic carbocycles. The summed E-state index contributed by atoms with van der Waals surface area (Å²) in [4.78, 5) is 1.69. The van der Waals surface area contributed by atoms with Crippen LogP contribution >= 0.6 is 0 Å². The van der Waals surface area contributed by atoms with E-state index in [2.05, 4.69) is 53.5 Å². The third-order valence-electron chi connectivity index (χ3n) is 4.96. The fraction of sp³-hybridized carbons (Fsp3) is 0.182. The lowest BCUT2D eigenvalue weighted by atomic mass is 10.1. The molecule has 1 unspecified atom stereocenters. The van der Waals surface area contributed by atoms with Gasteiger partial charge in [0, 0.05) is 0 Å². The van der Waals surface area contributed by atoms with Gasteiger partial charge in [0.15, 0.2) is 0 Å². The molecule has 128 valence electrons. The van der Waals surface area contributed by atoms with Crippen LogP contribution in [0.25, 0.3) is 16.7 Å². The highest BCUT2D eigenvalue weighted by atomic mass is 16.5. The Labute approximate surface area is 152 Å². The van der Waals surface area contributed by atoms with E-state index in [-0.39, 0.29) is 6.10 Å². The molecule has 0 saturated carbocycles. The van der Waals surface area contributed by atoms with Gasteiger partial charge in [-0.05, 0) is 60.7 Å². The van der Waals surface area contributed by atoms with E-state index in [9.17, 15) is 0 Å². The van der Waals surface area contributed by atoms with Crippen LogP contribution in [0, 0.1) is 6.92 Å². The first-order chi connectivity index (χ1) is 12.8. The van der Waals surface area contributed by atoms with E-state index >= 15 is 0 Å². The third kappa shape index (κ3) is 2.54. The molecule has 1 heterocycles. The molecule has 4 heteroatoms. The summed E-state index contributed by atoms with van der Waals surface area (Å²) in [5.41, 5.74) is 6.47. The fourth-order valence-electron chi connectivity index (χ4n) is 3.64. The molecule has 0 amide bonds. The first-order valence-electron chi connectivity index (χ1n) is 8.95. The van der Waals surface area contributed by atoms with Gasteiger partial charge >= 0.3 is 0 Å². The minimum absolute atomic E-state index is 0.0811. The zero-order valence-corrected chi connectivity index (χ0v) is 14.6. The molecule has 0 spiro atoms. The number of fused-ring (bicyclic) bond motifs is 2. The summed E-state index contributed by atoms with van der Waals surface area (Å²) in [5.74, 6) is 0.817. The van der Waals surface area contributed by atoms with Crippen LogP contribution < -0.4 is 4.74 Å². The molecular formula is C22H19N3O. The molecule has 1 atom stereocenters. The summed E-state index contributed by atoms with van der Waals surface area (Å²) in [6.45, 7) is 2.07. The van der Waals surface area contributed by atoms with Gasteiger partial charge in [-0.15, -0.1) is 15.0 Å². The van der Waals surface area contributed by atoms with Crippen molar-refractivity contribution in [2.24, 2.45) is 0 Å². The lowest BCUT2D eigenvalue weighted by molar-refractivity contribution is 0.206. The maximum absolute atomic E-state index is 6.44. The standard InChI is InChI=1S/C22H19N3O/c1-15-10-12-22(26-21-13-11-16-6-2-3-7-17(16)21)20(14-15)25-23-18-8-4-5-9-19(18)24-25/h2-10,12,14,21H,11,13H2,1H3. The topological polar surface area (TPSA) is 39.9 Å². The molecule has 0 radical (unpaired) electrons. The maximum atomic E-state index is 6.44. The maximum Gasteiger partial charge on any atom is 0.147 e. The average Bonchev–Trinajstić information content (AvgIpc) is 3.27. The van der Waals surface area contributed by atoms with Crippen molar-refractivity contribution in [2.75, 3.05) is 0 Å². The SMILES string of the molecule is Cc1ccc(OC2CCc3ccccc32)c(-n2nc3ccccc3n2)c1. The van der Waals surface area contributed by atoms with Crippen LogP contribution in [0.3, 0.4) is 0 Å². The Morgan fingerprint density at radius 1 is 0.923 bits per heavy atom. The first kappa shape index (κ1) is 15.1. The number of benzene rings is 3. The summed E-state index contributed by atoms with van der Waals surface area (Å²) >= 11 is 0. The van der Waals surface area contributed by atoms with E-state index in [1.165, 1.54) is 11.1 Å². The number of rotatable bonds is 3. The van der Waals surface area contributed by atoms with Crippen molar-refractivity contribution < 1.29 is 4.74 Å². The molecule has 26 heavy (non-hydrogen) atoms. The summed E-state index contributed by atoms with van der Waals surface area (Å²) in [5, 5.41) is 9.26. The van der Waals surface area contributed by atoms with Crippen LogP contribution in [-0.2, 0) is 6.42 Å². The molecule has 1 aromatic heterocycles. The second kappa shape index (κ2) is 5.99. The third-order valence-corrected chi connectivity index (χ3v) is 4.96. The Morgan fingerprint density at radius 3 is 2.46 bits per heavy atom. The van der Waals surface area contributed by atoms with Gasteiger partial charge in [-0.1, -0.05) is 42.5 Å². The Hall–Kier alpha value is -3.14. The molecule has 1 aliphatic rings. The number of hydrogen-bond acceptors (Lipinski definition) is 3. The van der Waals surface area contributed by atoms with Crippen LogP contribution in [0.4, 0.5) is 0 Å². The lowest BCUT2D eigenvalue weighted by Crippen LogP contribution is -2.08. The molecule has 0 N–H and O–H groups in total. The van der Waals surface area contributed by atoms with Crippen LogP contribution in [0.2, 0.25) is 0 Å². The smallest absolute Gasteiger partial charge is 0.147 e. The molecule has 4 aromatic rings. The van der Waals surface area contributed by atoms with Gasteiger partial charge < -0.3 is 4.74 Å². The molecule has 1 aliphatic carbocycles. The highest BCUT2D eigenvalue weighted by Crippen LogP contribution is 2.36. The lowest BCUT2D eigenvalue weighted by Gasteiger charge is -2.17. The summed E-state index contributed by atoms with van der Waals surface area (Å²) < 4.78 is 6.44. The molecule has 0 aliphatic heterocycles. The van der Waals surface area contributed by atoms with Gasteiger partial charge in [-0.3, -0.25) is 0 Å². The van der Waals surface area contributed by atoms with Gasteiger partial charge in [-0.25, -0.2) is 0 Å². The van der Waals surface area contributed by atoms with Crippen LogP contribution in [0.5, 0.6) is 5.75 Å². The molecule has 5 rings (SSSR count). The van der Waals surface area contributed by atoms with E-state index in [4.69, 9.17) is 4.74 Å². The average molecular weight is 341 g/mol. The molecule has 0 fully saturated rings. The van der Waals surface area contributed by atoms with Crippen molar-refractivity contribution in [2.45, 2.75) is 25.9 Å². The largest absolute Gasteiger partial charge is 0.483 e. The second-order valence-corrected chi connectivity index (χ2v) is 6.79. The van der Waals surface area contributed by atoms with E-state index in [1.54, 1.807) is 4.80 Å². The van der Waals surface area contributed by atoms with E-state index in [1.807, 2.05) is 30.3 Å². The molecule has 4 nitrogen and oxygen atoms in total. The van der Waals surface area contributed by atoms with Gasteiger partial charge in [-0.2, -0.15) is 0 Å². The summed E-state index contributed by atoms with van der Waals surface area (Å²) in [6.07, 6.45) is 2.14. The first-order valence-corrected chi connectivity index (χ1v) is 8.95. The van der Waals surface area contributed by atoms with Crippen molar-refractivity contribution in [3.05, 3.63) is 83.4 Å². The molecule has 0 saturated heterocycles. The normalized spacial score (nSPS) is 16.0. The predicted molar refractivity (Wildman–Crippen MR) is 102 cm³/mol. The quantitative estimate of drug-likeness (QED) is 0.537. The highest BCUT2D eigenvalue weighted by molar-refractivity contribution is 5.73. The predicted octanol–water partition coefficient (Wildman–Crippen LogP) is 4.80. The van der Waals surface area contributed by atoms with Crippen molar-refractivity contribution in [1.29, 1.82) is 0 Å².